The molecule has 2 heterocycles. The van der Waals surface area contributed by atoms with Gasteiger partial charge in [-0.2, -0.15) is 0 Å². The number of imidazole rings is 1. The van der Waals surface area contributed by atoms with Crippen molar-refractivity contribution in [2.75, 3.05) is 19.7 Å². The van der Waals surface area contributed by atoms with Crippen molar-refractivity contribution < 1.29 is 14.3 Å². The second-order valence-electron chi connectivity index (χ2n) is 4.44. The summed E-state index contributed by atoms with van der Waals surface area (Å²) in [5, 5.41) is 9.02. The quantitative estimate of drug-likeness (QED) is 0.902. The highest BCUT2D eigenvalue weighted by Gasteiger charge is 2.22. The number of rotatable bonds is 5. The van der Waals surface area contributed by atoms with Gasteiger partial charge < -0.3 is 10.0 Å². The lowest BCUT2D eigenvalue weighted by atomic mass is 10.2. The fourth-order valence-corrected chi connectivity index (χ4v) is 2.21. The molecule has 0 radical (unpaired) electrons. The van der Waals surface area contributed by atoms with E-state index in [2.05, 4.69) is 4.98 Å². The van der Waals surface area contributed by atoms with Crippen LogP contribution in [0.1, 0.15) is 30.0 Å². The number of carbonyl (C=O) groups is 1. The molecule has 2 aromatic heterocycles. The van der Waals surface area contributed by atoms with Gasteiger partial charge in [-0.05, 0) is 25.5 Å². The fourth-order valence-electron chi connectivity index (χ4n) is 2.21. The van der Waals surface area contributed by atoms with Gasteiger partial charge in [0, 0.05) is 19.3 Å². The molecule has 0 fully saturated rings. The Labute approximate surface area is 116 Å². The molecule has 1 N–H and O–H groups in total. The van der Waals surface area contributed by atoms with Crippen LogP contribution in [0.15, 0.2) is 18.3 Å². The number of aryl methyl sites for hydroxylation is 1. The van der Waals surface area contributed by atoms with Crippen molar-refractivity contribution in [3.63, 3.8) is 0 Å². The summed E-state index contributed by atoms with van der Waals surface area (Å²) in [6.45, 7) is 4.36. The fraction of sp³-hybridized carbons (Fsp3) is 0.429. The van der Waals surface area contributed by atoms with E-state index in [0.29, 0.717) is 30.0 Å². The molecule has 6 heteroatoms. The third kappa shape index (κ3) is 2.51. The van der Waals surface area contributed by atoms with E-state index in [4.69, 9.17) is 5.11 Å². The van der Waals surface area contributed by atoms with Crippen molar-refractivity contribution in [3.8, 4) is 0 Å². The molecular formula is C14H18FN3O2. The number of hydrogen-bond acceptors (Lipinski definition) is 3. The number of amides is 1. The summed E-state index contributed by atoms with van der Waals surface area (Å²) < 4.78 is 14.9. The molecule has 0 aromatic carbocycles. The van der Waals surface area contributed by atoms with E-state index >= 15 is 0 Å². The maximum absolute atomic E-state index is 13.4. The molecule has 2 aromatic rings. The minimum atomic E-state index is -0.420. The summed E-state index contributed by atoms with van der Waals surface area (Å²) >= 11 is 0. The lowest BCUT2D eigenvalue weighted by molar-refractivity contribution is 0.0724. The molecule has 20 heavy (non-hydrogen) atoms. The van der Waals surface area contributed by atoms with Crippen LogP contribution in [-0.4, -0.2) is 45.0 Å². The van der Waals surface area contributed by atoms with Crippen molar-refractivity contribution in [3.05, 3.63) is 35.5 Å². The highest BCUT2D eigenvalue weighted by Crippen LogP contribution is 2.16. The molecule has 0 aliphatic carbocycles. The Morgan fingerprint density at radius 3 is 2.80 bits per heavy atom. The number of likely N-dealkylation sites (N-methyl/N-ethyl adjacent to an activating group) is 1. The van der Waals surface area contributed by atoms with Crippen molar-refractivity contribution in [2.45, 2.75) is 20.3 Å². The normalized spacial score (nSPS) is 11.0. The zero-order valence-electron chi connectivity index (χ0n) is 11.6. The maximum atomic E-state index is 13.4. The van der Waals surface area contributed by atoms with Gasteiger partial charge in [0.1, 0.15) is 17.2 Å². The van der Waals surface area contributed by atoms with Gasteiger partial charge >= 0.3 is 0 Å². The summed E-state index contributed by atoms with van der Waals surface area (Å²) in [6.07, 6.45) is 1.85. The molecule has 108 valence electrons. The first kappa shape index (κ1) is 14.5. The monoisotopic (exact) mass is 279 g/mol. The van der Waals surface area contributed by atoms with Crippen LogP contribution >= 0.6 is 0 Å². The van der Waals surface area contributed by atoms with Gasteiger partial charge in [-0.3, -0.25) is 9.20 Å². The van der Waals surface area contributed by atoms with E-state index in [-0.39, 0.29) is 19.1 Å². The first-order valence-corrected chi connectivity index (χ1v) is 6.69. The Balaban J connectivity index is 2.55. The largest absolute Gasteiger partial charge is 0.395 e. The smallest absolute Gasteiger partial charge is 0.272 e. The number of aliphatic hydroxyl groups is 1. The van der Waals surface area contributed by atoms with Crippen molar-refractivity contribution in [1.29, 1.82) is 0 Å². The molecule has 0 aliphatic heterocycles. The van der Waals surface area contributed by atoms with E-state index in [1.807, 2.05) is 13.8 Å². The van der Waals surface area contributed by atoms with Gasteiger partial charge in [-0.15, -0.1) is 0 Å². The van der Waals surface area contributed by atoms with Gasteiger partial charge in [0.25, 0.3) is 5.91 Å². The Kier molecular flexibility index (Phi) is 4.34. The van der Waals surface area contributed by atoms with Crippen molar-refractivity contribution >= 4 is 11.6 Å². The minimum Gasteiger partial charge on any atom is -0.395 e. The maximum Gasteiger partial charge on any atom is 0.272 e. The Hall–Kier alpha value is -1.95. The van der Waals surface area contributed by atoms with Crippen LogP contribution in [0.3, 0.4) is 0 Å². The van der Waals surface area contributed by atoms with Gasteiger partial charge in [-0.1, -0.05) is 6.92 Å². The van der Waals surface area contributed by atoms with E-state index in [1.165, 1.54) is 21.6 Å². The molecule has 1 amide bonds. The SMILES string of the molecule is CCc1nc2ccc(F)cn2c1C(=O)N(CC)CCO. The summed E-state index contributed by atoms with van der Waals surface area (Å²) in [7, 11) is 0. The Morgan fingerprint density at radius 2 is 2.20 bits per heavy atom. The standard InChI is InChI=1S/C14H18FN3O2/c1-3-11-13(14(20)17(4-2)7-8-19)18-9-10(15)5-6-12(18)16-11/h5-6,9,19H,3-4,7-8H2,1-2H3. The van der Waals surface area contributed by atoms with Crippen LogP contribution in [-0.2, 0) is 6.42 Å². The number of fused-ring (bicyclic) bond motifs is 1. The third-order valence-electron chi connectivity index (χ3n) is 3.23. The zero-order chi connectivity index (χ0) is 14.7. The highest BCUT2D eigenvalue weighted by molar-refractivity contribution is 5.94. The number of hydrogen-bond donors (Lipinski definition) is 1. The molecule has 0 aliphatic rings. The topological polar surface area (TPSA) is 57.8 Å². The van der Waals surface area contributed by atoms with Crippen LogP contribution in [0.5, 0.6) is 0 Å². The third-order valence-corrected chi connectivity index (χ3v) is 3.23. The predicted octanol–water partition coefficient (Wildman–Crippen LogP) is 1.49. The molecule has 0 saturated carbocycles. The average Bonchev–Trinajstić information content (AvgIpc) is 2.81. The molecule has 0 saturated heterocycles. The van der Waals surface area contributed by atoms with E-state index in [1.54, 1.807) is 6.07 Å². The zero-order valence-corrected chi connectivity index (χ0v) is 11.6. The van der Waals surface area contributed by atoms with Crippen molar-refractivity contribution in [1.82, 2.24) is 14.3 Å². The number of nitrogens with zero attached hydrogens (tertiary/aromatic N) is 3. The molecule has 2 rings (SSSR count). The van der Waals surface area contributed by atoms with Gasteiger partial charge in [-0.25, -0.2) is 9.37 Å². The Bertz CT molecular complexity index is 624. The van der Waals surface area contributed by atoms with Crippen LogP contribution in [0.4, 0.5) is 4.39 Å². The predicted molar refractivity (Wildman–Crippen MR) is 73.2 cm³/mol. The number of aromatic nitrogens is 2. The van der Waals surface area contributed by atoms with E-state index < -0.39 is 5.82 Å². The molecule has 0 spiro atoms. The molecule has 0 atom stereocenters. The second-order valence-corrected chi connectivity index (χ2v) is 4.44. The molecule has 0 bridgehead atoms. The van der Waals surface area contributed by atoms with Crippen molar-refractivity contribution in [2.24, 2.45) is 0 Å². The summed E-state index contributed by atoms with van der Waals surface area (Å²) in [5.74, 6) is -0.659. The summed E-state index contributed by atoms with van der Waals surface area (Å²) in [5.41, 5.74) is 1.56. The highest BCUT2D eigenvalue weighted by atomic mass is 19.1. The lowest BCUT2D eigenvalue weighted by Crippen LogP contribution is -2.34. The van der Waals surface area contributed by atoms with Crippen LogP contribution in [0.2, 0.25) is 0 Å². The van der Waals surface area contributed by atoms with E-state index in [9.17, 15) is 9.18 Å². The first-order valence-electron chi connectivity index (χ1n) is 6.69. The number of aliphatic hydroxyl groups excluding tert-OH is 1. The van der Waals surface area contributed by atoms with Crippen LogP contribution in [0, 0.1) is 5.82 Å². The van der Waals surface area contributed by atoms with Gasteiger partial charge in [0.15, 0.2) is 0 Å². The molecule has 0 unspecified atom stereocenters. The number of carbonyl (C=O) groups excluding carboxylic acids is 1. The minimum absolute atomic E-state index is 0.105. The lowest BCUT2D eigenvalue weighted by Gasteiger charge is -2.19. The average molecular weight is 279 g/mol. The van der Waals surface area contributed by atoms with E-state index in [0.717, 1.165) is 0 Å². The van der Waals surface area contributed by atoms with Crippen LogP contribution < -0.4 is 0 Å². The second kappa shape index (κ2) is 6.00. The van der Waals surface area contributed by atoms with Gasteiger partial charge in [0.05, 0.1) is 12.3 Å². The Morgan fingerprint density at radius 1 is 1.45 bits per heavy atom. The summed E-state index contributed by atoms with van der Waals surface area (Å²) in [6, 6.07) is 2.87. The molecular weight excluding hydrogens is 261 g/mol. The summed E-state index contributed by atoms with van der Waals surface area (Å²) in [4.78, 5) is 18.4. The number of halogens is 1. The first-order chi connectivity index (χ1) is 9.62. The van der Waals surface area contributed by atoms with Gasteiger partial charge in [0.2, 0.25) is 0 Å². The molecule has 5 nitrogen and oxygen atoms in total. The van der Waals surface area contributed by atoms with Crippen LogP contribution in [0.25, 0.3) is 5.65 Å². The number of pyridine rings is 1.